The molecule has 2 aromatic heterocycles. The van der Waals surface area contributed by atoms with Crippen molar-refractivity contribution >= 4 is 11.7 Å². The quantitative estimate of drug-likeness (QED) is 0.277. The molecule has 1 saturated heterocycles. The predicted molar refractivity (Wildman–Crippen MR) is 166 cm³/mol. The maximum Gasteiger partial charge on any atom is 0.337 e. The molecule has 1 N–H and O–H groups in total. The highest BCUT2D eigenvalue weighted by Crippen LogP contribution is 2.43. The van der Waals surface area contributed by atoms with Crippen molar-refractivity contribution in [2.24, 2.45) is 5.41 Å². The highest BCUT2D eigenvalue weighted by molar-refractivity contribution is 5.85. The second-order valence-electron chi connectivity index (χ2n) is 12.9. The maximum atomic E-state index is 12.6. The molecule has 1 aliphatic heterocycles. The lowest BCUT2D eigenvalue weighted by atomic mass is 9.82. The van der Waals surface area contributed by atoms with Crippen molar-refractivity contribution < 1.29 is 24.1 Å². The molecule has 1 fully saturated rings. The molecular formula is C34H45N3O5. The highest BCUT2D eigenvalue weighted by Gasteiger charge is 2.36. The Morgan fingerprint density at radius 3 is 2.36 bits per heavy atom. The molecule has 226 valence electrons. The number of hydrogen-bond acceptors (Lipinski definition) is 7. The maximum absolute atomic E-state index is 12.6. The predicted octanol–water partition coefficient (Wildman–Crippen LogP) is 6.96. The van der Waals surface area contributed by atoms with Crippen molar-refractivity contribution in [1.82, 2.24) is 9.97 Å². The molecule has 0 spiro atoms. The van der Waals surface area contributed by atoms with Gasteiger partial charge in [-0.3, -0.25) is 9.97 Å². The van der Waals surface area contributed by atoms with Crippen LogP contribution in [0.5, 0.6) is 11.5 Å². The average Bonchev–Trinajstić information content (AvgIpc) is 2.92. The molecular weight excluding hydrogens is 530 g/mol. The Kier molecular flexibility index (Phi) is 9.46. The van der Waals surface area contributed by atoms with E-state index in [0.29, 0.717) is 29.3 Å². The molecule has 0 saturated carbocycles. The molecule has 4 rings (SSSR count). The first-order valence-corrected chi connectivity index (χ1v) is 14.7. The van der Waals surface area contributed by atoms with E-state index in [4.69, 9.17) is 19.2 Å². The van der Waals surface area contributed by atoms with Gasteiger partial charge in [-0.25, -0.2) is 4.79 Å². The normalized spacial score (nSPS) is 15.8. The summed E-state index contributed by atoms with van der Waals surface area (Å²) < 4.78 is 17.5. The molecule has 3 heterocycles. The Morgan fingerprint density at radius 2 is 1.79 bits per heavy atom. The third-order valence-corrected chi connectivity index (χ3v) is 7.81. The first kappa shape index (κ1) is 31.3. The van der Waals surface area contributed by atoms with Crippen LogP contribution in [-0.2, 0) is 16.0 Å². The monoisotopic (exact) mass is 575 g/mol. The van der Waals surface area contributed by atoms with E-state index in [-0.39, 0.29) is 5.41 Å². The van der Waals surface area contributed by atoms with Gasteiger partial charge in [-0.1, -0.05) is 26.0 Å². The highest BCUT2D eigenvalue weighted by atomic mass is 16.5. The van der Waals surface area contributed by atoms with Crippen molar-refractivity contribution in [2.75, 3.05) is 31.7 Å². The van der Waals surface area contributed by atoms with Crippen LogP contribution in [0.15, 0.2) is 42.7 Å². The molecule has 1 unspecified atom stereocenters. The summed E-state index contributed by atoms with van der Waals surface area (Å²) in [6.45, 7) is 16.2. The minimum absolute atomic E-state index is 0.231. The van der Waals surface area contributed by atoms with Crippen LogP contribution in [0.3, 0.4) is 0 Å². The number of hydrogen-bond donors (Lipinski definition) is 1. The van der Waals surface area contributed by atoms with Gasteiger partial charge in [0.2, 0.25) is 0 Å². The second kappa shape index (κ2) is 12.7. The lowest BCUT2D eigenvalue weighted by molar-refractivity contribution is -0.160. The fraction of sp³-hybridized carbons (Fsp3) is 0.500. The van der Waals surface area contributed by atoms with E-state index in [1.54, 1.807) is 19.5 Å². The molecule has 0 aliphatic carbocycles. The van der Waals surface area contributed by atoms with Gasteiger partial charge >= 0.3 is 5.97 Å². The van der Waals surface area contributed by atoms with Crippen LogP contribution >= 0.6 is 0 Å². The molecule has 0 radical (unpaired) electrons. The number of anilines is 1. The van der Waals surface area contributed by atoms with Crippen LogP contribution < -0.4 is 14.4 Å². The SMILES string of the molecule is COc1ccc(CCOc2ccc(-c3cnc(C)c(C(OC(C)(C)C)C(=O)O)c3N3CCC(C)(C)CC3)nc2)cc1C. The summed E-state index contributed by atoms with van der Waals surface area (Å²) in [7, 11) is 1.68. The fourth-order valence-electron chi connectivity index (χ4n) is 5.38. The van der Waals surface area contributed by atoms with Crippen LogP contribution in [0.25, 0.3) is 11.3 Å². The number of aliphatic carboxylic acids is 1. The third kappa shape index (κ3) is 7.59. The van der Waals surface area contributed by atoms with Crippen LogP contribution in [0.4, 0.5) is 5.69 Å². The number of benzene rings is 1. The Labute approximate surface area is 250 Å². The first-order valence-electron chi connectivity index (χ1n) is 14.7. The average molecular weight is 576 g/mol. The Balaban J connectivity index is 1.64. The van der Waals surface area contributed by atoms with Gasteiger partial charge in [-0.2, -0.15) is 0 Å². The van der Waals surface area contributed by atoms with Crippen molar-refractivity contribution in [3.8, 4) is 22.8 Å². The molecule has 42 heavy (non-hydrogen) atoms. The van der Waals surface area contributed by atoms with Crippen molar-refractivity contribution in [2.45, 2.75) is 79.4 Å². The smallest absolute Gasteiger partial charge is 0.337 e. The summed E-state index contributed by atoms with van der Waals surface area (Å²) >= 11 is 0. The Hall–Kier alpha value is -3.65. The third-order valence-electron chi connectivity index (χ3n) is 7.81. The zero-order chi connectivity index (χ0) is 30.7. The number of carbonyl (C=O) groups is 1. The number of nitrogens with zero attached hydrogens (tertiary/aromatic N) is 3. The van der Waals surface area contributed by atoms with E-state index >= 15 is 0 Å². The summed E-state index contributed by atoms with van der Waals surface area (Å²) in [6, 6.07) is 9.97. The number of carboxylic acid groups (broad SMARTS) is 1. The number of aromatic nitrogens is 2. The van der Waals surface area contributed by atoms with Crippen LogP contribution in [0.2, 0.25) is 0 Å². The lowest BCUT2D eigenvalue weighted by Crippen LogP contribution is -2.39. The van der Waals surface area contributed by atoms with E-state index in [2.05, 4.69) is 35.9 Å². The van der Waals surface area contributed by atoms with Crippen LogP contribution in [0.1, 0.15) is 75.9 Å². The van der Waals surface area contributed by atoms with E-state index < -0.39 is 17.7 Å². The number of aryl methyl sites for hydroxylation is 2. The van der Waals surface area contributed by atoms with Crippen LogP contribution in [-0.4, -0.2) is 53.5 Å². The van der Waals surface area contributed by atoms with Gasteiger partial charge in [0.05, 0.1) is 36.9 Å². The molecule has 3 aromatic rings. The van der Waals surface area contributed by atoms with Crippen molar-refractivity contribution in [3.63, 3.8) is 0 Å². The summed E-state index contributed by atoms with van der Waals surface area (Å²) in [4.78, 5) is 24.3. The van der Waals surface area contributed by atoms with Gasteiger partial charge in [0.25, 0.3) is 0 Å². The topological polar surface area (TPSA) is 94.0 Å². The molecule has 0 bridgehead atoms. The summed E-state index contributed by atoms with van der Waals surface area (Å²) in [5, 5.41) is 10.3. The number of rotatable bonds is 10. The summed E-state index contributed by atoms with van der Waals surface area (Å²) in [5.41, 5.74) is 5.42. The van der Waals surface area contributed by atoms with E-state index in [9.17, 15) is 9.90 Å². The van der Waals surface area contributed by atoms with Gasteiger partial charge in [0.1, 0.15) is 11.5 Å². The minimum atomic E-state index is -1.16. The summed E-state index contributed by atoms with van der Waals surface area (Å²) in [6.07, 6.45) is 5.12. The van der Waals surface area contributed by atoms with E-state index in [1.165, 1.54) is 5.56 Å². The number of pyridine rings is 2. The number of piperidine rings is 1. The van der Waals surface area contributed by atoms with E-state index in [0.717, 1.165) is 54.9 Å². The molecule has 0 amide bonds. The minimum Gasteiger partial charge on any atom is -0.496 e. The molecule has 1 aliphatic rings. The molecule has 8 nitrogen and oxygen atoms in total. The van der Waals surface area contributed by atoms with Gasteiger partial charge in [0, 0.05) is 42.5 Å². The van der Waals surface area contributed by atoms with Crippen molar-refractivity contribution in [3.05, 3.63) is 65.1 Å². The standard InChI is InChI=1S/C34H45N3O5/c1-22-19-24(9-12-28(22)40-8)13-18-41-25-10-11-27(36-20-25)26-21-35-23(2)29(31(32(38)39)42-33(3,4)5)30(26)37-16-14-34(6,7)15-17-37/h9-12,19-21,31H,13-18H2,1-8H3,(H,38,39). The van der Waals surface area contributed by atoms with Crippen LogP contribution in [0, 0.1) is 19.3 Å². The molecule has 1 aromatic carbocycles. The Morgan fingerprint density at radius 1 is 1.07 bits per heavy atom. The lowest BCUT2D eigenvalue weighted by Gasteiger charge is -2.40. The fourth-order valence-corrected chi connectivity index (χ4v) is 5.38. The van der Waals surface area contributed by atoms with Crippen molar-refractivity contribution in [1.29, 1.82) is 0 Å². The first-order chi connectivity index (χ1) is 19.8. The number of carboxylic acids is 1. The Bertz CT molecular complexity index is 1390. The summed E-state index contributed by atoms with van der Waals surface area (Å²) in [5.74, 6) is 0.514. The second-order valence-corrected chi connectivity index (χ2v) is 12.9. The zero-order valence-electron chi connectivity index (χ0n) is 26.3. The largest absolute Gasteiger partial charge is 0.496 e. The van der Waals surface area contributed by atoms with Gasteiger partial charge in [-0.15, -0.1) is 0 Å². The zero-order valence-corrected chi connectivity index (χ0v) is 26.3. The van der Waals surface area contributed by atoms with Gasteiger partial charge in [-0.05, 0) is 82.2 Å². The number of ether oxygens (including phenoxy) is 3. The van der Waals surface area contributed by atoms with Gasteiger partial charge < -0.3 is 24.2 Å². The number of methoxy groups -OCH3 is 1. The van der Waals surface area contributed by atoms with Gasteiger partial charge in [0.15, 0.2) is 6.10 Å². The molecule has 1 atom stereocenters. The van der Waals surface area contributed by atoms with E-state index in [1.807, 2.05) is 52.8 Å². The molecule has 8 heteroatoms.